The molecule has 116 valence electrons. The summed E-state index contributed by atoms with van der Waals surface area (Å²) in [6.45, 7) is 1.53. The first-order valence-corrected chi connectivity index (χ1v) is 7.70. The van der Waals surface area contributed by atoms with Crippen molar-refractivity contribution in [2.45, 2.75) is 18.9 Å². The standard InChI is InChI=1S/C16H17ClN2O3/c17-13-6-2-1-5-12(13)14-15(20)18-7-8-19(14)16(21)11-4-3-9-22-10-11/h1-2,5-6,10,14H,3-4,7-9H2,(H,18,20)/t14-/m0/s1. The largest absolute Gasteiger partial charge is 0.501 e. The van der Waals surface area contributed by atoms with Gasteiger partial charge < -0.3 is 15.0 Å². The van der Waals surface area contributed by atoms with Crippen LogP contribution in [0.25, 0.3) is 0 Å². The number of nitrogens with one attached hydrogen (secondary N) is 1. The van der Waals surface area contributed by atoms with E-state index in [0.717, 1.165) is 6.42 Å². The van der Waals surface area contributed by atoms with E-state index in [2.05, 4.69) is 5.32 Å². The van der Waals surface area contributed by atoms with E-state index in [1.165, 1.54) is 6.26 Å². The molecule has 1 aromatic carbocycles. The number of hydrogen-bond donors (Lipinski definition) is 1. The summed E-state index contributed by atoms with van der Waals surface area (Å²) in [6.07, 6.45) is 3.00. The van der Waals surface area contributed by atoms with Crippen molar-refractivity contribution in [1.82, 2.24) is 10.2 Å². The van der Waals surface area contributed by atoms with Gasteiger partial charge in [0.15, 0.2) is 0 Å². The average molecular weight is 321 g/mol. The number of halogens is 1. The van der Waals surface area contributed by atoms with Gasteiger partial charge in [0.05, 0.1) is 18.4 Å². The summed E-state index contributed by atoms with van der Waals surface area (Å²) in [5.41, 5.74) is 1.25. The number of carbonyl (C=O) groups is 2. The van der Waals surface area contributed by atoms with Crippen LogP contribution >= 0.6 is 11.6 Å². The van der Waals surface area contributed by atoms with Crippen LogP contribution in [0.15, 0.2) is 36.1 Å². The molecule has 5 nitrogen and oxygen atoms in total. The molecule has 0 saturated carbocycles. The van der Waals surface area contributed by atoms with Gasteiger partial charge in [-0.25, -0.2) is 0 Å². The van der Waals surface area contributed by atoms with Gasteiger partial charge in [-0.15, -0.1) is 0 Å². The number of rotatable bonds is 2. The Balaban J connectivity index is 1.93. The van der Waals surface area contributed by atoms with Gasteiger partial charge in [-0.1, -0.05) is 29.8 Å². The highest BCUT2D eigenvalue weighted by Crippen LogP contribution is 2.31. The zero-order valence-electron chi connectivity index (χ0n) is 12.0. The molecule has 2 aliphatic rings. The van der Waals surface area contributed by atoms with E-state index in [-0.39, 0.29) is 11.8 Å². The molecule has 2 aliphatic heterocycles. The van der Waals surface area contributed by atoms with Gasteiger partial charge in [-0.05, 0) is 18.9 Å². The second-order valence-corrected chi connectivity index (χ2v) is 5.74. The predicted octanol–water partition coefficient (Wildman–Crippen LogP) is 2.03. The van der Waals surface area contributed by atoms with Crippen molar-refractivity contribution >= 4 is 23.4 Å². The van der Waals surface area contributed by atoms with Crippen LogP contribution in [0.3, 0.4) is 0 Å². The van der Waals surface area contributed by atoms with Crippen molar-refractivity contribution in [3.05, 3.63) is 46.7 Å². The summed E-state index contributed by atoms with van der Waals surface area (Å²) in [4.78, 5) is 26.7. The minimum absolute atomic E-state index is 0.153. The Hall–Kier alpha value is -2.01. The monoisotopic (exact) mass is 320 g/mol. The molecule has 22 heavy (non-hydrogen) atoms. The molecular formula is C16H17ClN2O3. The summed E-state index contributed by atoms with van der Waals surface area (Å²) < 4.78 is 5.25. The number of benzene rings is 1. The van der Waals surface area contributed by atoms with E-state index in [9.17, 15) is 9.59 Å². The quantitative estimate of drug-likeness (QED) is 0.907. The molecule has 1 aromatic rings. The number of carbonyl (C=O) groups excluding carboxylic acids is 2. The second kappa shape index (κ2) is 6.40. The Morgan fingerprint density at radius 2 is 2.18 bits per heavy atom. The first kappa shape index (κ1) is 14.9. The fraction of sp³-hybridized carbons (Fsp3) is 0.375. The Morgan fingerprint density at radius 1 is 1.36 bits per heavy atom. The lowest BCUT2D eigenvalue weighted by Gasteiger charge is -2.36. The first-order chi connectivity index (χ1) is 10.7. The van der Waals surface area contributed by atoms with Crippen LogP contribution in [0, 0.1) is 0 Å². The number of ether oxygens (including phenoxy) is 1. The fourth-order valence-electron chi connectivity index (χ4n) is 2.80. The van der Waals surface area contributed by atoms with Gasteiger partial charge in [-0.3, -0.25) is 9.59 Å². The van der Waals surface area contributed by atoms with Gasteiger partial charge in [0.25, 0.3) is 5.91 Å². The number of piperazine rings is 1. The lowest BCUT2D eigenvalue weighted by molar-refractivity contribution is -0.141. The third-order valence-electron chi connectivity index (χ3n) is 3.88. The molecule has 2 heterocycles. The molecular weight excluding hydrogens is 304 g/mol. The molecule has 0 spiro atoms. The molecule has 0 aromatic heterocycles. The van der Waals surface area contributed by atoms with E-state index >= 15 is 0 Å². The summed E-state index contributed by atoms with van der Waals surface area (Å²) in [6, 6.07) is 6.43. The Kier molecular flexibility index (Phi) is 4.34. The van der Waals surface area contributed by atoms with Gasteiger partial charge in [-0.2, -0.15) is 0 Å². The molecule has 1 fully saturated rings. The second-order valence-electron chi connectivity index (χ2n) is 5.33. The normalized spacial score (nSPS) is 21.7. The van der Waals surface area contributed by atoms with Crippen molar-refractivity contribution in [3.63, 3.8) is 0 Å². The molecule has 1 atom stereocenters. The molecule has 0 bridgehead atoms. The van der Waals surface area contributed by atoms with Crippen molar-refractivity contribution < 1.29 is 14.3 Å². The van der Waals surface area contributed by atoms with E-state index in [1.807, 2.05) is 6.07 Å². The minimum Gasteiger partial charge on any atom is -0.501 e. The molecule has 3 rings (SSSR count). The topological polar surface area (TPSA) is 58.6 Å². The third-order valence-corrected chi connectivity index (χ3v) is 4.23. The zero-order chi connectivity index (χ0) is 15.5. The Bertz CT molecular complexity index is 630. The highest BCUT2D eigenvalue weighted by molar-refractivity contribution is 6.31. The van der Waals surface area contributed by atoms with Gasteiger partial charge in [0.2, 0.25) is 5.91 Å². The van der Waals surface area contributed by atoms with E-state index in [0.29, 0.717) is 42.3 Å². The van der Waals surface area contributed by atoms with Crippen LogP contribution in [0.1, 0.15) is 24.4 Å². The van der Waals surface area contributed by atoms with Crippen LogP contribution in [0.4, 0.5) is 0 Å². The molecule has 2 amide bonds. The number of hydrogen-bond acceptors (Lipinski definition) is 3. The van der Waals surface area contributed by atoms with Crippen molar-refractivity contribution in [1.29, 1.82) is 0 Å². The number of amides is 2. The van der Waals surface area contributed by atoms with Gasteiger partial charge in [0, 0.05) is 23.7 Å². The molecule has 0 unspecified atom stereocenters. The molecule has 0 aliphatic carbocycles. The van der Waals surface area contributed by atoms with Gasteiger partial charge >= 0.3 is 0 Å². The smallest absolute Gasteiger partial charge is 0.253 e. The van der Waals surface area contributed by atoms with Gasteiger partial charge in [0.1, 0.15) is 6.04 Å². The first-order valence-electron chi connectivity index (χ1n) is 7.32. The SMILES string of the molecule is O=C1NCCN(C(=O)C2=COCCC2)[C@H]1c1ccccc1Cl. The van der Waals surface area contributed by atoms with Crippen molar-refractivity contribution in [2.75, 3.05) is 19.7 Å². The predicted molar refractivity (Wildman–Crippen MR) is 82.2 cm³/mol. The zero-order valence-corrected chi connectivity index (χ0v) is 12.8. The number of nitrogens with zero attached hydrogens (tertiary/aromatic N) is 1. The molecule has 1 saturated heterocycles. The average Bonchev–Trinajstić information content (AvgIpc) is 2.56. The fourth-order valence-corrected chi connectivity index (χ4v) is 3.04. The highest BCUT2D eigenvalue weighted by Gasteiger charge is 2.36. The van der Waals surface area contributed by atoms with E-state index in [1.54, 1.807) is 23.1 Å². The van der Waals surface area contributed by atoms with Crippen molar-refractivity contribution in [2.24, 2.45) is 0 Å². The molecule has 0 radical (unpaired) electrons. The lowest BCUT2D eigenvalue weighted by Crippen LogP contribution is -2.52. The summed E-state index contributed by atoms with van der Waals surface area (Å²) in [5, 5.41) is 3.29. The maximum atomic E-state index is 12.7. The Morgan fingerprint density at radius 3 is 2.91 bits per heavy atom. The van der Waals surface area contributed by atoms with Crippen LogP contribution in [-0.2, 0) is 14.3 Å². The van der Waals surface area contributed by atoms with E-state index < -0.39 is 6.04 Å². The summed E-state index contributed by atoms with van der Waals surface area (Å²) in [5.74, 6) is -0.357. The summed E-state index contributed by atoms with van der Waals surface area (Å²) >= 11 is 6.22. The van der Waals surface area contributed by atoms with Crippen LogP contribution < -0.4 is 5.32 Å². The third kappa shape index (κ3) is 2.81. The minimum atomic E-state index is -0.697. The molecule has 6 heteroatoms. The molecule has 1 N–H and O–H groups in total. The van der Waals surface area contributed by atoms with Crippen LogP contribution in [0.2, 0.25) is 5.02 Å². The maximum Gasteiger partial charge on any atom is 0.253 e. The Labute approximate surface area is 133 Å². The maximum absolute atomic E-state index is 12.7. The van der Waals surface area contributed by atoms with Crippen LogP contribution in [0.5, 0.6) is 0 Å². The lowest BCUT2D eigenvalue weighted by atomic mass is 10.00. The van der Waals surface area contributed by atoms with Crippen LogP contribution in [-0.4, -0.2) is 36.4 Å². The highest BCUT2D eigenvalue weighted by atomic mass is 35.5. The van der Waals surface area contributed by atoms with E-state index in [4.69, 9.17) is 16.3 Å². The van der Waals surface area contributed by atoms with Crippen molar-refractivity contribution in [3.8, 4) is 0 Å². The summed E-state index contributed by atoms with van der Waals surface area (Å²) in [7, 11) is 0.